The Kier molecular flexibility index (Phi) is 5.45. The summed E-state index contributed by atoms with van der Waals surface area (Å²) < 4.78 is 50.3. The van der Waals surface area contributed by atoms with E-state index in [0.717, 1.165) is 30.6 Å². The van der Waals surface area contributed by atoms with E-state index in [9.17, 15) is 13.2 Å². The molecule has 0 bridgehead atoms. The van der Waals surface area contributed by atoms with Gasteiger partial charge in [-0.25, -0.2) is 4.98 Å². The number of hydrogen-bond donors (Lipinski definition) is 1. The summed E-state index contributed by atoms with van der Waals surface area (Å²) in [6.45, 7) is 2.53. The lowest BCUT2D eigenvalue weighted by molar-refractivity contribution is -0.139. The second-order valence-corrected chi connectivity index (χ2v) is 6.41. The van der Waals surface area contributed by atoms with Gasteiger partial charge in [0, 0.05) is 18.7 Å². The van der Waals surface area contributed by atoms with Crippen molar-refractivity contribution in [3.8, 4) is 11.5 Å². The third kappa shape index (κ3) is 4.32. The van der Waals surface area contributed by atoms with E-state index in [4.69, 9.17) is 15.2 Å². The van der Waals surface area contributed by atoms with Crippen LogP contribution in [0.1, 0.15) is 19.3 Å². The second kappa shape index (κ2) is 7.61. The third-order valence-corrected chi connectivity index (χ3v) is 4.48. The van der Waals surface area contributed by atoms with E-state index in [1.165, 1.54) is 26.0 Å². The van der Waals surface area contributed by atoms with Crippen molar-refractivity contribution in [3.05, 3.63) is 12.1 Å². The zero-order valence-electron chi connectivity index (χ0n) is 14.7. The zero-order chi connectivity index (χ0) is 18.7. The van der Waals surface area contributed by atoms with Crippen molar-refractivity contribution < 1.29 is 22.6 Å². The van der Waals surface area contributed by atoms with E-state index in [1.54, 1.807) is 6.07 Å². The molecule has 0 amide bonds. The van der Waals surface area contributed by atoms with Gasteiger partial charge in [-0.2, -0.15) is 13.2 Å². The Morgan fingerprint density at radius 1 is 1.19 bits per heavy atom. The number of nitrogens with zero attached hydrogens (tertiary/aromatic N) is 3. The number of alkyl halides is 3. The van der Waals surface area contributed by atoms with E-state index in [0.29, 0.717) is 23.6 Å². The monoisotopic (exact) mass is 372 g/mol. The maximum Gasteiger partial charge on any atom is 0.406 e. The Morgan fingerprint density at radius 3 is 2.58 bits per heavy atom. The van der Waals surface area contributed by atoms with Crippen LogP contribution >= 0.6 is 0 Å². The molecular weight excluding hydrogens is 349 g/mol. The molecule has 0 aliphatic carbocycles. The predicted octanol–water partition coefficient (Wildman–Crippen LogP) is 3.05. The standard InChI is InChI=1S/C17H23F3N4O2/c1-25-14-10-13-12(22-16(21)24(13)11-17(18,19)20)9-15(14)26-8-4-7-23-5-2-3-6-23/h9-10H,2-8,11H2,1H3,(H2,21,22). The summed E-state index contributed by atoms with van der Waals surface area (Å²) in [7, 11) is 1.45. The number of benzene rings is 1. The summed E-state index contributed by atoms with van der Waals surface area (Å²) in [6.07, 6.45) is -1.04. The quantitative estimate of drug-likeness (QED) is 0.757. The van der Waals surface area contributed by atoms with Gasteiger partial charge in [-0.15, -0.1) is 0 Å². The van der Waals surface area contributed by atoms with Crippen molar-refractivity contribution in [2.75, 3.05) is 39.1 Å². The normalized spacial score (nSPS) is 15.7. The first kappa shape index (κ1) is 18.6. The van der Waals surface area contributed by atoms with Crippen LogP contribution in [0.5, 0.6) is 11.5 Å². The van der Waals surface area contributed by atoms with Crippen LogP contribution in [0, 0.1) is 0 Å². The fraction of sp³-hybridized carbons (Fsp3) is 0.588. The number of aromatic nitrogens is 2. The highest BCUT2D eigenvalue weighted by molar-refractivity contribution is 5.82. The lowest BCUT2D eigenvalue weighted by atomic mass is 10.2. The highest BCUT2D eigenvalue weighted by atomic mass is 19.4. The van der Waals surface area contributed by atoms with Crippen molar-refractivity contribution in [1.29, 1.82) is 0 Å². The SMILES string of the molecule is COc1cc2c(cc1OCCCN1CCCC1)nc(N)n2CC(F)(F)F. The minimum absolute atomic E-state index is 0.189. The average molecular weight is 372 g/mol. The number of imidazole rings is 1. The van der Waals surface area contributed by atoms with Gasteiger partial charge in [-0.1, -0.05) is 0 Å². The highest BCUT2D eigenvalue weighted by Crippen LogP contribution is 2.34. The first-order valence-corrected chi connectivity index (χ1v) is 8.63. The van der Waals surface area contributed by atoms with E-state index < -0.39 is 12.7 Å². The fourth-order valence-corrected chi connectivity index (χ4v) is 3.25. The Morgan fingerprint density at radius 2 is 1.92 bits per heavy atom. The molecule has 0 spiro atoms. The number of anilines is 1. The maximum atomic E-state index is 12.8. The molecule has 26 heavy (non-hydrogen) atoms. The second-order valence-electron chi connectivity index (χ2n) is 6.41. The van der Waals surface area contributed by atoms with Crippen LogP contribution in [0.4, 0.5) is 19.1 Å². The number of ether oxygens (including phenoxy) is 2. The molecule has 2 aromatic rings. The Hall–Kier alpha value is -2.16. The molecule has 1 aromatic heterocycles. The molecule has 144 valence electrons. The summed E-state index contributed by atoms with van der Waals surface area (Å²) in [5.41, 5.74) is 6.27. The number of hydrogen-bond acceptors (Lipinski definition) is 5. The number of halogens is 3. The van der Waals surface area contributed by atoms with Crippen LogP contribution in [-0.2, 0) is 6.54 Å². The van der Waals surface area contributed by atoms with Crippen molar-refractivity contribution in [2.45, 2.75) is 32.0 Å². The van der Waals surface area contributed by atoms with Crippen LogP contribution in [0.25, 0.3) is 11.0 Å². The zero-order valence-corrected chi connectivity index (χ0v) is 14.7. The lowest BCUT2D eigenvalue weighted by Crippen LogP contribution is -2.21. The van der Waals surface area contributed by atoms with Gasteiger partial charge >= 0.3 is 6.18 Å². The van der Waals surface area contributed by atoms with Crippen LogP contribution in [0.15, 0.2) is 12.1 Å². The Bertz CT molecular complexity index is 755. The topological polar surface area (TPSA) is 65.5 Å². The molecule has 0 saturated carbocycles. The largest absolute Gasteiger partial charge is 0.493 e. The van der Waals surface area contributed by atoms with Gasteiger partial charge in [0.2, 0.25) is 5.95 Å². The van der Waals surface area contributed by atoms with Gasteiger partial charge in [0.25, 0.3) is 0 Å². The van der Waals surface area contributed by atoms with Gasteiger partial charge in [0.1, 0.15) is 6.54 Å². The highest BCUT2D eigenvalue weighted by Gasteiger charge is 2.30. The first-order chi connectivity index (χ1) is 12.4. The molecule has 9 heteroatoms. The van der Waals surface area contributed by atoms with Crippen LogP contribution in [0.2, 0.25) is 0 Å². The van der Waals surface area contributed by atoms with Crippen LogP contribution in [0.3, 0.4) is 0 Å². The van der Waals surface area contributed by atoms with Gasteiger partial charge in [0.05, 0.1) is 24.8 Å². The summed E-state index contributed by atoms with van der Waals surface area (Å²) >= 11 is 0. The Labute approximate surface area is 149 Å². The molecule has 1 aromatic carbocycles. The van der Waals surface area contributed by atoms with Crippen LogP contribution < -0.4 is 15.2 Å². The molecule has 1 aliphatic heterocycles. The minimum Gasteiger partial charge on any atom is -0.493 e. The van der Waals surface area contributed by atoms with E-state index >= 15 is 0 Å². The number of nitrogen functional groups attached to an aromatic ring is 1. The molecule has 2 heterocycles. The van der Waals surface area contributed by atoms with Crippen molar-refractivity contribution in [3.63, 3.8) is 0 Å². The molecule has 3 rings (SSSR count). The van der Waals surface area contributed by atoms with Crippen LogP contribution in [-0.4, -0.2) is 54.0 Å². The molecule has 1 saturated heterocycles. The smallest absolute Gasteiger partial charge is 0.406 e. The summed E-state index contributed by atoms with van der Waals surface area (Å²) in [6, 6.07) is 3.06. The van der Waals surface area contributed by atoms with Gasteiger partial charge in [0.15, 0.2) is 11.5 Å². The van der Waals surface area contributed by atoms with E-state index in [2.05, 4.69) is 9.88 Å². The molecule has 1 fully saturated rings. The van der Waals surface area contributed by atoms with E-state index in [1.807, 2.05) is 0 Å². The average Bonchev–Trinajstić information content (AvgIpc) is 3.18. The predicted molar refractivity (Wildman–Crippen MR) is 92.5 cm³/mol. The third-order valence-electron chi connectivity index (χ3n) is 4.48. The molecule has 6 nitrogen and oxygen atoms in total. The molecule has 0 radical (unpaired) electrons. The number of fused-ring (bicyclic) bond motifs is 1. The first-order valence-electron chi connectivity index (χ1n) is 8.63. The molecule has 2 N–H and O–H groups in total. The number of nitrogens with two attached hydrogens (primary N) is 1. The molecule has 1 aliphatic rings. The number of methoxy groups -OCH3 is 1. The molecular formula is C17H23F3N4O2. The summed E-state index contributed by atoms with van der Waals surface area (Å²) in [5.74, 6) is 0.630. The molecule has 0 atom stereocenters. The van der Waals surface area contributed by atoms with Crippen molar-refractivity contribution >= 4 is 17.0 Å². The minimum atomic E-state index is -4.39. The maximum absolute atomic E-state index is 12.8. The van der Waals surface area contributed by atoms with Gasteiger partial charge in [-0.3, -0.25) is 0 Å². The van der Waals surface area contributed by atoms with E-state index in [-0.39, 0.29) is 11.5 Å². The number of likely N-dealkylation sites (tertiary alicyclic amines) is 1. The van der Waals surface area contributed by atoms with Crippen molar-refractivity contribution in [1.82, 2.24) is 14.5 Å². The van der Waals surface area contributed by atoms with Gasteiger partial charge in [-0.05, 0) is 32.4 Å². The van der Waals surface area contributed by atoms with Crippen molar-refractivity contribution in [2.24, 2.45) is 0 Å². The lowest BCUT2D eigenvalue weighted by Gasteiger charge is -2.15. The summed E-state index contributed by atoms with van der Waals surface area (Å²) in [5, 5.41) is 0. The van der Waals surface area contributed by atoms with Gasteiger partial charge < -0.3 is 24.7 Å². The fourth-order valence-electron chi connectivity index (χ4n) is 3.25. The molecule has 0 unspecified atom stereocenters. The Balaban J connectivity index is 1.73. The summed E-state index contributed by atoms with van der Waals surface area (Å²) in [4.78, 5) is 6.41. The number of rotatable bonds is 7.